The smallest absolute Gasteiger partial charge is 0.0233 e. The molecular formula is C20H42. The number of hydrogen-bond acceptors (Lipinski definition) is 0. The summed E-state index contributed by atoms with van der Waals surface area (Å²) in [5.41, 5.74) is 3.65. The van der Waals surface area contributed by atoms with Crippen LogP contribution in [0.1, 0.15) is 87.3 Å². The van der Waals surface area contributed by atoms with Crippen molar-refractivity contribution in [2.75, 3.05) is 0 Å². The van der Waals surface area contributed by atoms with Gasteiger partial charge in [-0.2, -0.15) is 0 Å². The van der Waals surface area contributed by atoms with Gasteiger partial charge in [0, 0.05) is 0 Å². The summed E-state index contributed by atoms with van der Waals surface area (Å²) >= 11 is 0. The highest BCUT2D eigenvalue weighted by atomic mass is 13.9. The predicted octanol–water partition coefficient (Wildman–Crippen LogP) is 8.16. The van der Waals surface area contributed by atoms with E-state index in [2.05, 4.69) is 51.6 Å². The van der Waals surface area contributed by atoms with Crippen LogP contribution in [0.25, 0.3) is 5.57 Å². The molecule has 0 aliphatic rings. The second-order valence-electron chi connectivity index (χ2n) is 3.65. The Morgan fingerprint density at radius 3 is 1.35 bits per heavy atom. The van der Waals surface area contributed by atoms with E-state index in [1.807, 2.05) is 34.6 Å². The molecule has 0 aliphatic carbocycles. The number of benzene rings is 1. The minimum absolute atomic E-state index is 0. The molecule has 0 saturated carbocycles. The zero-order valence-corrected chi connectivity index (χ0v) is 13.9. The first-order chi connectivity index (χ1) is 8.61. The summed E-state index contributed by atoms with van der Waals surface area (Å²) in [5.74, 6) is 0. The van der Waals surface area contributed by atoms with Gasteiger partial charge >= 0.3 is 0 Å². The third kappa shape index (κ3) is 22.2. The summed E-state index contributed by atoms with van der Waals surface area (Å²) in [4.78, 5) is 0. The number of aryl methyl sites for hydroxylation is 1. The molecule has 0 aliphatic heterocycles. The zero-order valence-electron chi connectivity index (χ0n) is 13.9. The second-order valence-corrected chi connectivity index (χ2v) is 3.65. The Bertz CT molecular complexity index is 252. The van der Waals surface area contributed by atoms with Gasteiger partial charge in [0.1, 0.15) is 0 Å². The quantitative estimate of drug-likeness (QED) is 0.513. The van der Waals surface area contributed by atoms with E-state index in [4.69, 9.17) is 0 Å². The van der Waals surface area contributed by atoms with Crippen molar-refractivity contribution in [3.05, 3.63) is 42.0 Å². The van der Waals surface area contributed by atoms with Crippen molar-refractivity contribution in [1.82, 2.24) is 0 Å². The lowest BCUT2D eigenvalue weighted by Gasteiger charge is -1.98. The van der Waals surface area contributed by atoms with Crippen molar-refractivity contribution in [2.45, 2.75) is 83.1 Å². The second kappa shape index (κ2) is 26.5. The van der Waals surface area contributed by atoms with E-state index in [-0.39, 0.29) is 14.9 Å². The Morgan fingerprint density at radius 2 is 1.15 bits per heavy atom. The molecule has 0 N–H and O–H groups in total. The van der Waals surface area contributed by atoms with Gasteiger partial charge in [0.05, 0.1) is 0 Å². The van der Waals surface area contributed by atoms with Crippen LogP contribution < -0.4 is 0 Å². The number of rotatable bonds is 2. The lowest BCUT2D eigenvalue weighted by atomic mass is 10.1. The third-order valence-corrected chi connectivity index (χ3v) is 2.04. The van der Waals surface area contributed by atoms with E-state index in [0.29, 0.717) is 0 Å². The zero-order chi connectivity index (χ0) is 15.0. The molecule has 122 valence electrons. The van der Waals surface area contributed by atoms with Crippen LogP contribution in [-0.4, -0.2) is 0 Å². The van der Waals surface area contributed by atoms with Crippen molar-refractivity contribution in [3.63, 3.8) is 0 Å². The molecule has 20 heavy (non-hydrogen) atoms. The molecule has 0 unspecified atom stereocenters. The monoisotopic (exact) mass is 282 g/mol. The molecular weight excluding hydrogens is 240 g/mol. The maximum absolute atomic E-state index is 3.86. The van der Waals surface area contributed by atoms with Crippen LogP contribution >= 0.6 is 0 Å². The van der Waals surface area contributed by atoms with Gasteiger partial charge in [0.25, 0.3) is 0 Å². The van der Waals surface area contributed by atoms with Crippen LogP contribution in [0, 0.1) is 6.92 Å². The molecule has 0 fully saturated rings. The average molecular weight is 283 g/mol. The SMILES string of the molecule is C.C.C=C(C)c1ccc(C)cc1.CC.CC.CCCC. The summed E-state index contributed by atoms with van der Waals surface area (Å²) in [5, 5.41) is 0. The molecule has 0 bridgehead atoms. The molecule has 0 amide bonds. The number of allylic oxidation sites excluding steroid dienone is 1. The first-order valence-electron chi connectivity index (χ1n) is 7.34. The minimum Gasteiger partial charge on any atom is -0.0955 e. The van der Waals surface area contributed by atoms with Gasteiger partial charge in [-0.25, -0.2) is 0 Å². The van der Waals surface area contributed by atoms with Crippen LogP contribution in [0.2, 0.25) is 0 Å². The fourth-order valence-electron chi connectivity index (χ4n) is 0.838. The van der Waals surface area contributed by atoms with Crippen molar-refractivity contribution < 1.29 is 0 Å². The highest BCUT2D eigenvalue weighted by molar-refractivity contribution is 5.61. The first kappa shape index (κ1) is 31.4. The molecule has 0 heterocycles. The molecule has 0 heteroatoms. The van der Waals surface area contributed by atoms with E-state index in [0.717, 1.165) is 5.57 Å². The molecule has 1 aromatic carbocycles. The lowest BCUT2D eigenvalue weighted by molar-refractivity contribution is 0.886. The molecule has 1 rings (SSSR count). The van der Waals surface area contributed by atoms with Crippen molar-refractivity contribution in [2.24, 2.45) is 0 Å². The maximum atomic E-state index is 3.86. The molecule has 0 aromatic heterocycles. The molecule has 0 atom stereocenters. The van der Waals surface area contributed by atoms with Crippen molar-refractivity contribution >= 4 is 5.57 Å². The Labute approximate surface area is 131 Å². The topological polar surface area (TPSA) is 0 Å². The Kier molecular flexibility index (Phi) is 41.6. The summed E-state index contributed by atoms with van der Waals surface area (Å²) in [7, 11) is 0. The highest BCUT2D eigenvalue weighted by Gasteiger charge is 1.89. The van der Waals surface area contributed by atoms with Gasteiger partial charge < -0.3 is 0 Å². The van der Waals surface area contributed by atoms with E-state index >= 15 is 0 Å². The van der Waals surface area contributed by atoms with Gasteiger partial charge in [-0.3, -0.25) is 0 Å². The van der Waals surface area contributed by atoms with Gasteiger partial charge in [0.15, 0.2) is 0 Å². The third-order valence-electron chi connectivity index (χ3n) is 2.04. The van der Waals surface area contributed by atoms with Gasteiger partial charge in [-0.1, -0.05) is 111 Å². The summed E-state index contributed by atoms with van der Waals surface area (Å²) in [6.45, 7) is 20.3. The summed E-state index contributed by atoms with van der Waals surface area (Å²) in [6, 6.07) is 8.39. The summed E-state index contributed by atoms with van der Waals surface area (Å²) in [6.07, 6.45) is 2.64. The fraction of sp³-hybridized carbons (Fsp3) is 0.600. The largest absolute Gasteiger partial charge is 0.0955 e. The maximum Gasteiger partial charge on any atom is -0.0233 e. The summed E-state index contributed by atoms with van der Waals surface area (Å²) < 4.78 is 0. The Balaban J connectivity index is -0.0000000649. The Morgan fingerprint density at radius 1 is 0.850 bits per heavy atom. The number of hydrogen-bond donors (Lipinski definition) is 0. The molecule has 1 aromatic rings. The Hall–Kier alpha value is -1.04. The lowest BCUT2D eigenvalue weighted by Crippen LogP contribution is -1.76. The van der Waals surface area contributed by atoms with Crippen molar-refractivity contribution in [3.8, 4) is 0 Å². The first-order valence-corrected chi connectivity index (χ1v) is 7.34. The van der Waals surface area contributed by atoms with Gasteiger partial charge in [-0.05, 0) is 19.4 Å². The highest BCUT2D eigenvalue weighted by Crippen LogP contribution is 2.11. The average Bonchev–Trinajstić information content (AvgIpc) is 2.44. The van der Waals surface area contributed by atoms with E-state index in [9.17, 15) is 0 Å². The van der Waals surface area contributed by atoms with Gasteiger partial charge in [-0.15, -0.1) is 0 Å². The fourth-order valence-corrected chi connectivity index (χ4v) is 0.838. The van der Waals surface area contributed by atoms with E-state index < -0.39 is 0 Å². The number of unbranched alkanes of at least 4 members (excludes halogenated alkanes) is 1. The van der Waals surface area contributed by atoms with Crippen LogP contribution in [-0.2, 0) is 0 Å². The molecule has 0 saturated heterocycles. The molecule has 0 nitrogen and oxygen atoms in total. The van der Waals surface area contributed by atoms with Crippen LogP contribution in [0.3, 0.4) is 0 Å². The van der Waals surface area contributed by atoms with E-state index in [1.54, 1.807) is 0 Å². The minimum atomic E-state index is 0. The molecule has 0 spiro atoms. The van der Waals surface area contributed by atoms with Gasteiger partial charge in [0.2, 0.25) is 0 Å². The van der Waals surface area contributed by atoms with Crippen molar-refractivity contribution in [1.29, 1.82) is 0 Å². The van der Waals surface area contributed by atoms with Crippen LogP contribution in [0.15, 0.2) is 30.8 Å². The molecule has 0 radical (unpaired) electrons. The van der Waals surface area contributed by atoms with Crippen LogP contribution in [0.4, 0.5) is 0 Å². The normalized spacial score (nSPS) is 6.80. The van der Waals surface area contributed by atoms with Crippen LogP contribution in [0.5, 0.6) is 0 Å². The predicted molar refractivity (Wildman–Crippen MR) is 103 cm³/mol. The standard InChI is InChI=1S/C10H12.C4H10.2C2H6.2CH4/c1-8(2)10-6-4-9(3)5-7-10;1-3-4-2;2*1-2;;/h4-7H,1H2,2-3H3;3-4H2,1-2H3;2*1-2H3;2*1H4. The van der Waals surface area contributed by atoms with E-state index in [1.165, 1.54) is 24.0 Å².